The van der Waals surface area contributed by atoms with Crippen molar-refractivity contribution in [3.8, 4) is 0 Å². The zero-order valence-electron chi connectivity index (χ0n) is 19.6. The van der Waals surface area contributed by atoms with Gasteiger partial charge in [-0.05, 0) is 30.5 Å². The summed E-state index contributed by atoms with van der Waals surface area (Å²) in [5, 5.41) is 32.7. The molecule has 5 N–H and O–H groups in total. The van der Waals surface area contributed by atoms with E-state index in [0.717, 1.165) is 51.3 Å². The molecule has 1 saturated heterocycles. The van der Waals surface area contributed by atoms with Crippen molar-refractivity contribution in [2.75, 3.05) is 44.6 Å². The number of likely N-dealkylation sites (N-methyl/N-ethyl adjacent to an activating group) is 1. The largest absolute Gasteiger partial charge is 0.473 e. The molecule has 2 rings (SSSR count). The molecule has 1 amide bonds. The third-order valence-electron chi connectivity index (χ3n) is 4.91. The highest BCUT2D eigenvalue weighted by Crippen LogP contribution is 2.22. The number of carboxylic acid groups (broad SMARTS) is 4. The number of piperazine rings is 1. The Morgan fingerprint density at radius 2 is 1.12 bits per heavy atom. The first-order valence-electron chi connectivity index (χ1n) is 10.7. The number of hydrogen-bond acceptors (Lipinski definition) is 7. The first-order valence-corrected chi connectivity index (χ1v) is 10.7. The number of para-hydroxylation sites is 1. The Kier molecular flexibility index (Phi) is 14.5. The Balaban J connectivity index is 0.000000750. The second-order valence-electron chi connectivity index (χ2n) is 7.14. The van der Waals surface area contributed by atoms with Crippen LogP contribution in [0.2, 0.25) is 0 Å². The van der Waals surface area contributed by atoms with Gasteiger partial charge < -0.3 is 30.6 Å². The van der Waals surface area contributed by atoms with E-state index in [2.05, 4.69) is 54.1 Å². The maximum Gasteiger partial charge on any atom is 0.414 e. The Morgan fingerprint density at radius 1 is 0.735 bits per heavy atom. The van der Waals surface area contributed by atoms with Gasteiger partial charge in [-0.1, -0.05) is 39.0 Å². The van der Waals surface area contributed by atoms with E-state index in [1.807, 2.05) is 0 Å². The van der Waals surface area contributed by atoms with Gasteiger partial charge in [-0.25, -0.2) is 19.2 Å². The number of hydrogen-bond donors (Lipinski definition) is 5. The summed E-state index contributed by atoms with van der Waals surface area (Å²) < 4.78 is 0. The standard InChI is InChI=1S/C18H29N3O.2C2H2O4/c1-4-15-8-7-9-16(5-2)18(15)19-17(22)14-21-12-10-20(6-3)11-13-21;2*3-1(4)2(5)6/h7-9H,4-6,10-14H2,1-3H3,(H,19,22);2*(H,3,4)(H,5,6). The second-order valence-corrected chi connectivity index (χ2v) is 7.14. The molecule has 0 atom stereocenters. The lowest BCUT2D eigenvalue weighted by molar-refractivity contribution is -0.159. The number of aryl methyl sites for hydroxylation is 2. The van der Waals surface area contributed by atoms with Crippen LogP contribution in [0, 0.1) is 0 Å². The molecule has 12 heteroatoms. The van der Waals surface area contributed by atoms with Crippen LogP contribution in [0.1, 0.15) is 31.9 Å². The third kappa shape index (κ3) is 11.9. The molecule has 0 saturated carbocycles. The van der Waals surface area contributed by atoms with E-state index < -0.39 is 23.9 Å². The summed E-state index contributed by atoms with van der Waals surface area (Å²) in [7, 11) is 0. The fraction of sp³-hybridized carbons (Fsp3) is 0.500. The average Bonchev–Trinajstić information content (AvgIpc) is 2.80. The van der Waals surface area contributed by atoms with Gasteiger partial charge in [0.2, 0.25) is 5.91 Å². The van der Waals surface area contributed by atoms with Gasteiger partial charge in [-0.3, -0.25) is 9.69 Å². The van der Waals surface area contributed by atoms with Gasteiger partial charge in [0, 0.05) is 31.9 Å². The van der Waals surface area contributed by atoms with Crippen molar-refractivity contribution in [3.05, 3.63) is 29.3 Å². The Labute approximate surface area is 197 Å². The van der Waals surface area contributed by atoms with Crippen LogP contribution >= 0.6 is 0 Å². The molecule has 0 aliphatic carbocycles. The number of carboxylic acids is 4. The Morgan fingerprint density at radius 3 is 1.44 bits per heavy atom. The number of nitrogens with one attached hydrogen (secondary N) is 1. The van der Waals surface area contributed by atoms with Crippen LogP contribution in [0.4, 0.5) is 5.69 Å². The predicted octanol–water partition coefficient (Wildman–Crippen LogP) is 0.699. The summed E-state index contributed by atoms with van der Waals surface area (Å²) in [6.07, 6.45) is 1.89. The van der Waals surface area contributed by atoms with E-state index in [0.29, 0.717) is 6.54 Å². The van der Waals surface area contributed by atoms with Gasteiger partial charge in [-0.2, -0.15) is 0 Å². The van der Waals surface area contributed by atoms with E-state index in [1.165, 1.54) is 11.1 Å². The van der Waals surface area contributed by atoms with Gasteiger partial charge in [-0.15, -0.1) is 0 Å². The molecule has 0 unspecified atom stereocenters. The van der Waals surface area contributed by atoms with E-state index in [9.17, 15) is 4.79 Å². The summed E-state index contributed by atoms with van der Waals surface area (Å²) in [6, 6.07) is 6.29. The van der Waals surface area contributed by atoms with Crippen molar-refractivity contribution < 1.29 is 44.4 Å². The first kappa shape index (κ1) is 30.5. The normalized spacial score (nSPS) is 13.4. The monoisotopic (exact) mass is 483 g/mol. The lowest BCUT2D eigenvalue weighted by atomic mass is 10.0. The average molecular weight is 484 g/mol. The summed E-state index contributed by atoms with van der Waals surface area (Å²) in [4.78, 5) is 53.5. The van der Waals surface area contributed by atoms with Crippen LogP contribution in [-0.2, 0) is 36.8 Å². The van der Waals surface area contributed by atoms with Crippen molar-refractivity contribution in [1.82, 2.24) is 9.80 Å². The number of nitrogens with zero attached hydrogens (tertiary/aromatic N) is 2. The molecule has 190 valence electrons. The highest BCUT2D eigenvalue weighted by atomic mass is 16.4. The van der Waals surface area contributed by atoms with Gasteiger partial charge in [0.1, 0.15) is 0 Å². The SMILES string of the molecule is CCc1cccc(CC)c1NC(=O)CN1CCN(CC)CC1.O=C(O)C(=O)O.O=C(O)C(=O)O. The van der Waals surface area contributed by atoms with Crippen LogP contribution in [0.25, 0.3) is 0 Å². The number of benzene rings is 1. The predicted molar refractivity (Wildman–Crippen MR) is 123 cm³/mol. The molecule has 0 spiro atoms. The summed E-state index contributed by atoms with van der Waals surface area (Å²) in [6.45, 7) is 12.2. The van der Waals surface area contributed by atoms with Crippen molar-refractivity contribution in [3.63, 3.8) is 0 Å². The van der Waals surface area contributed by atoms with Crippen molar-refractivity contribution in [2.45, 2.75) is 33.6 Å². The van der Waals surface area contributed by atoms with E-state index in [-0.39, 0.29) is 5.91 Å². The van der Waals surface area contributed by atoms with Crippen LogP contribution < -0.4 is 5.32 Å². The van der Waals surface area contributed by atoms with Crippen molar-refractivity contribution in [1.29, 1.82) is 0 Å². The van der Waals surface area contributed by atoms with Crippen LogP contribution in [0.15, 0.2) is 18.2 Å². The molecule has 0 aromatic heterocycles. The molecular formula is C22H33N3O9. The summed E-state index contributed by atoms with van der Waals surface area (Å²) in [5.74, 6) is -7.18. The summed E-state index contributed by atoms with van der Waals surface area (Å²) >= 11 is 0. The molecule has 1 aliphatic heterocycles. The number of anilines is 1. The number of rotatable bonds is 6. The van der Waals surface area contributed by atoms with E-state index in [4.69, 9.17) is 39.6 Å². The number of aliphatic carboxylic acids is 4. The van der Waals surface area contributed by atoms with Gasteiger partial charge in [0.25, 0.3) is 0 Å². The van der Waals surface area contributed by atoms with Gasteiger partial charge >= 0.3 is 23.9 Å². The van der Waals surface area contributed by atoms with E-state index in [1.54, 1.807) is 0 Å². The quantitative estimate of drug-likeness (QED) is 0.359. The number of carbonyl (C=O) groups is 5. The van der Waals surface area contributed by atoms with Gasteiger partial charge in [0.05, 0.1) is 6.54 Å². The van der Waals surface area contributed by atoms with Crippen molar-refractivity contribution in [2.24, 2.45) is 0 Å². The van der Waals surface area contributed by atoms with Crippen LogP contribution in [0.5, 0.6) is 0 Å². The Hall–Kier alpha value is -3.51. The van der Waals surface area contributed by atoms with Crippen molar-refractivity contribution >= 4 is 35.5 Å². The highest BCUT2D eigenvalue weighted by Gasteiger charge is 2.18. The lowest BCUT2D eigenvalue weighted by Crippen LogP contribution is -2.48. The maximum absolute atomic E-state index is 12.4. The third-order valence-corrected chi connectivity index (χ3v) is 4.91. The minimum Gasteiger partial charge on any atom is -0.473 e. The molecule has 0 bridgehead atoms. The summed E-state index contributed by atoms with van der Waals surface area (Å²) in [5.41, 5.74) is 3.48. The molecule has 12 nitrogen and oxygen atoms in total. The molecular weight excluding hydrogens is 450 g/mol. The highest BCUT2D eigenvalue weighted by molar-refractivity contribution is 6.27. The lowest BCUT2D eigenvalue weighted by Gasteiger charge is -2.33. The minimum atomic E-state index is -1.82. The molecule has 1 aliphatic rings. The zero-order chi connectivity index (χ0) is 26.3. The molecule has 1 fully saturated rings. The molecule has 34 heavy (non-hydrogen) atoms. The minimum absolute atomic E-state index is 0.112. The fourth-order valence-electron chi connectivity index (χ4n) is 3.05. The van der Waals surface area contributed by atoms with E-state index >= 15 is 0 Å². The number of carbonyl (C=O) groups excluding carboxylic acids is 1. The topological polar surface area (TPSA) is 185 Å². The second kappa shape index (κ2) is 16.2. The van der Waals surface area contributed by atoms with Crippen LogP contribution in [-0.4, -0.2) is 99.3 Å². The zero-order valence-corrected chi connectivity index (χ0v) is 19.6. The maximum atomic E-state index is 12.4. The Bertz CT molecular complexity index is 780. The molecule has 1 heterocycles. The first-order chi connectivity index (χ1) is 16.0. The van der Waals surface area contributed by atoms with Crippen LogP contribution in [0.3, 0.4) is 0 Å². The number of amides is 1. The van der Waals surface area contributed by atoms with Gasteiger partial charge in [0.15, 0.2) is 0 Å². The smallest absolute Gasteiger partial charge is 0.414 e. The molecule has 1 aromatic rings. The molecule has 0 radical (unpaired) electrons. The fourth-order valence-corrected chi connectivity index (χ4v) is 3.05. The molecule has 1 aromatic carbocycles.